The molecule has 0 aromatic carbocycles. The van der Waals surface area contributed by atoms with Gasteiger partial charge in [-0.1, -0.05) is 0 Å². The Morgan fingerprint density at radius 2 is 2.40 bits per heavy atom. The average molecular weight is 209 g/mol. The van der Waals surface area contributed by atoms with Crippen LogP contribution in [0.25, 0.3) is 0 Å². The lowest BCUT2D eigenvalue weighted by atomic mass is 10.3. The maximum absolute atomic E-state index is 10.7. The Kier molecular flexibility index (Phi) is 2.46. The predicted molar refractivity (Wildman–Crippen MR) is 51.2 cm³/mol. The standard InChI is InChI=1S/C8H11N5O2/c9-7(15)6-3-10-8(12-11-6)13-2-1-5(14)4-13/h3,5,14H,1-2,4H2,(H2,9,15)/t5-/m1/s1. The van der Waals surface area contributed by atoms with Gasteiger partial charge in [0.15, 0.2) is 5.69 Å². The summed E-state index contributed by atoms with van der Waals surface area (Å²) in [7, 11) is 0. The SMILES string of the molecule is NC(=O)c1cnc(N2CC[C@@H](O)C2)nn1. The molecule has 3 N–H and O–H groups in total. The Hall–Kier alpha value is -1.76. The van der Waals surface area contributed by atoms with Crippen LogP contribution in [0.3, 0.4) is 0 Å². The summed E-state index contributed by atoms with van der Waals surface area (Å²) in [6, 6.07) is 0. The molecule has 1 aliphatic rings. The van der Waals surface area contributed by atoms with E-state index < -0.39 is 5.91 Å². The number of rotatable bonds is 2. The number of carbonyl (C=O) groups is 1. The Morgan fingerprint density at radius 1 is 1.60 bits per heavy atom. The van der Waals surface area contributed by atoms with E-state index in [1.807, 2.05) is 4.90 Å². The third kappa shape index (κ3) is 2.01. The van der Waals surface area contributed by atoms with Gasteiger partial charge in [-0.25, -0.2) is 4.98 Å². The van der Waals surface area contributed by atoms with Gasteiger partial charge in [-0.05, 0) is 6.42 Å². The summed E-state index contributed by atoms with van der Waals surface area (Å²) in [4.78, 5) is 16.5. The molecule has 1 saturated heterocycles. The first-order valence-electron chi connectivity index (χ1n) is 4.59. The Morgan fingerprint density at radius 3 is 2.87 bits per heavy atom. The van der Waals surface area contributed by atoms with Gasteiger partial charge >= 0.3 is 0 Å². The molecule has 0 aliphatic carbocycles. The van der Waals surface area contributed by atoms with Crippen LogP contribution < -0.4 is 10.6 Å². The van der Waals surface area contributed by atoms with Crippen molar-refractivity contribution in [1.82, 2.24) is 15.2 Å². The first-order valence-corrected chi connectivity index (χ1v) is 4.59. The molecule has 1 amide bonds. The van der Waals surface area contributed by atoms with E-state index in [9.17, 15) is 9.90 Å². The van der Waals surface area contributed by atoms with Crippen LogP contribution in [-0.2, 0) is 0 Å². The van der Waals surface area contributed by atoms with Gasteiger partial charge in [0.2, 0.25) is 5.95 Å². The highest BCUT2D eigenvalue weighted by atomic mass is 16.3. The van der Waals surface area contributed by atoms with Gasteiger partial charge in [-0.3, -0.25) is 4.79 Å². The highest BCUT2D eigenvalue weighted by Gasteiger charge is 2.22. The van der Waals surface area contributed by atoms with E-state index in [0.717, 1.165) is 0 Å². The zero-order chi connectivity index (χ0) is 10.8. The van der Waals surface area contributed by atoms with Gasteiger partial charge in [0.05, 0.1) is 12.3 Å². The number of carbonyl (C=O) groups excluding carboxylic acids is 1. The number of aliphatic hydroxyl groups excluding tert-OH is 1. The lowest BCUT2D eigenvalue weighted by molar-refractivity contribution is 0.0994. The molecule has 1 aliphatic heterocycles. The molecule has 1 aromatic rings. The number of aromatic nitrogens is 3. The summed E-state index contributed by atoms with van der Waals surface area (Å²) >= 11 is 0. The van der Waals surface area contributed by atoms with E-state index >= 15 is 0 Å². The van der Waals surface area contributed by atoms with Gasteiger partial charge in [0, 0.05) is 13.1 Å². The van der Waals surface area contributed by atoms with Crippen LogP contribution in [0.4, 0.5) is 5.95 Å². The van der Waals surface area contributed by atoms with Crippen LogP contribution in [0.2, 0.25) is 0 Å². The van der Waals surface area contributed by atoms with Gasteiger partial charge in [0.1, 0.15) is 0 Å². The Bertz CT molecular complexity index is 366. The number of anilines is 1. The second-order valence-electron chi connectivity index (χ2n) is 3.40. The van der Waals surface area contributed by atoms with Crippen molar-refractivity contribution in [3.05, 3.63) is 11.9 Å². The van der Waals surface area contributed by atoms with Crippen molar-refractivity contribution >= 4 is 11.9 Å². The number of nitrogens with zero attached hydrogens (tertiary/aromatic N) is 4. The van der Waals surface area contributed by atoms with Gasteiger partial charge in [-0.15, -0.1) is 10.2 Å². The van der Waals surface area contributed by atoms with Gasteiger partial charge in [0.25, 0.3) is 5.91 Å². The molecular formula is C8H11N5O2. The molecule has 1 fully saturated rings. The van der Waals surface area contributed by atoms with Crippen LogP contribution in [0, 0.1) is 0 Å². The summed E-state index contributed by atoms with van der Waals surface area (Å²) in [5.74, 6) is -0.237. The number of β-amino-alcohol motifs (C(OH)–C–C–N with tert-alkyl or cyclic N) is 1. The normalized spacial score (nSPS) is 20.6. The predicted octanol–water partition coefficient (Wildman–Crippen LogP) is -1.46. The van der Waals surface area contributed by atoms with Crippen molar-refractivity contribution in [3.8, 4) is 0 Å². The minimum Gasteiger partial charge on any atom is -0.391 e. The zero-order valence-corrected chi connectivity index (χ0v) is 8.00. The van der Waals surface area contributed by atoms with Crippen LogP contribution in [-0.4, -0.2) is 45.4 Å². The molecule has 2 rings (SSSR count). The van der Waals surface area contributed by atoms with Crippen molar-refractivity contribution in [3.63, 3.8) is 0 Å². The van der Waals surface area contributed by atoms with Crippen LogP contribution in [0.1, 0.15) is 16.9 Å². The Labute approximate surface area is 85.9 Å². The lowest BCUT2D eigenvalue weighted by Crippen LogP contribution is -2.24. The van der Waals surface area contributed by atoms with E-state index in [1.54, 1.807) is 0 Å². The quantitative estimate of drug-likeness (QED) is 0.616. The summed E-state index contributed by atoms with van der Waals surface area (Å²) in [6.45, 7) is 1.19. The molecule has 1 aromatic heterocycles. The molecule has 0 unspecified atom stereocenters. The molecule has 0 radical (unpaired) electrons. The fourth-order valence-corrected chi connectivity index (χ4v) is 1.45. The lowest BCUT2D eigenvalue weighted by Gasteiger charge is -2.13. The summed E-state index contributed by atoms with van der Waals surface area (Å²) in [6.07, 6.45) is 1.64. The number of aliphatic hydroxyl groups is 1. The first kappa shape index (κ1) is 9.78. The largest absolute Gasteiger partial charge is 0.391 e. The van der Waals surface area contributed by atoms with Crippen molar-refractivity contribution in [2.45, 2.75) is 12.5 Å². The first-order chi connectivity index (χ1) is 7.16. The number of amides is 1. The summed E-state index contributed by atoms with van der Waals surface area (Å²) in [5, 5.41) is 16.7. The zero-order valence-electron chi connectivity index (χ0n) is 8.00. The minimum absolute atomic E-state index is 0.0403. The molecule has 0 spiro atoms. The number of primary amides is 1. The molecule has 7 nitrogen and oxygen atoms in total. The van der Waals surface area contributed by atoms with Crippen LogP contribution in [0.15, 0.2) is 6.20 Å². The second-order valence-corrected chi connectivity index (χ2v) is 3.40. The average Bonchev–Trinajstić information content (AvgIpc) is 2.65. The Balaban J connectivity index is 2.13. The molecule has 1 atom stereocenters. The summed E-state index contributed by atoms with van der Waals surface area (Å²) < 4.78 is 0. The van der Waals surface area contributed by atoms with Crippen LogP contribution in [0.5, 0.6) is 0 Å². The third-order valence-electron chi connectivity index (χ3n) is 2.25. The van der Waals surface area contributed by atoms with E-state index in [1.165, 1.54) is 6.20 Å². The van der Waals surface area contributed by atoms with Crippen molar-refractivity contribution in [2.75, 3.05) is 18.0 Å². The maximum atomic E-state index is 10.7. The van der Waals surface area contributed by atoms with E-state index in [4.69, 9.17) is 5.73 Å². The molecule has 7 heteroatoms. The maximum Gasteiger partial charge on any atom is 0.270 e. The smallest absolute Gasteiger partial charge is 0.270 e. The van der Waals surface area contributed by atoms with Gasteiger partial charge in [-0.2, -0.15) is 0 Å². The van der Waals surface area contributed by atoms with Crippen molar-refractivity contribution in [2.24, 2.45) is 5.73 Å². The van der Waals surface area contributed by atoms with E-state index in [2.05, 4.69) is 15.2 Å². The van der Waals surface area contributed by atoms with E-state index in [-0.39, 0.29) is 11.8 Å². The van der Waals surface area contributed by atoms with Crippen LogP contribution >= 0.6 is 0 Å². The molecular weight excluding hydrogens is 198 g/mol. The third-order valence-corrected chi connectivity index (χ3v) is 2.25. The minimum atomic E-state index is -0.650. The topological polar surface area (TPSA) is 105 Å². The number of hydrogen-bond acceptors (Lipinski definition) is 6. The monoisotopic (exact) mass is 209 g/mol. The highest BCUT2D eigenvalue weighted by molar-refractivity contribution is 5.90. The molecule has 0 bridgehead atoms. The van der Waals surface area contributed by atoms with Gasteiger partial charge < -0.3 is 15.7 Å². The fraction of sp³-hybridized carbons (Fsp3) is 0.500. The fourth-order valence-electron chi connectivity index (χ4n) is 1.45. The molecule has 2 heterocycles. The molecule has 0 saturated carbocycles. The van der Waals surface area contributed by atoms with Crippen molar-refractivity contribution < 1.29 is 9.90 Å². The summed E-state index contributed by atoms with van der Waals surface area (Å²) in [5.41, 5.74) is 5.04. The second kappa shape index (κ2) is 3.77. The molecule has 80 valence electrons. The number of hydrogen-bond donors (Lipinski definition) is 2. The van der Waals surface area contributed by atoms with E-state index in [0.29, 0.717) is 25.5 Å². The van der Waals surface area contributed by atoms with Crippen molar-refractivity contribution in [1.29, 1.82) is 0 Å². The molecule has 15 heavy (non-hydrogen) atoms. The number of nitrogens with two attached hydrogens (primary N) is 1. The highest BCUT2D eigenvalue weighted by Crippen LogP contribution is 2.14.